The Morgan fingerprint density at radius 2 is 2.12 bits per heavy atom. The Kier molecular flexibility index (Phi) is 4.40. The maximum absolute atomic E-state index is 12.7. The van der Waals surface area contributed by atoms with Crippen molar-refractivity contribution in [3.63, 3.8) is 0 Å². The fourth-order valence-corrected chi connectivity index (χ4v) is 3.57. The van der Waals surface area contributed by atoms with Crippen molar-refractivity contribution in [1.82, 2.24) is 30.2 Å². The molecule has 136 valence electrons. The predicted octanol–water partition coefficient (Wildman–Crippen LogP) is 2.52. The zero-order valence-electron chi connectivity index (χ0n) is 15.0. The zero-order valence-corrected chi connectivity index (χ0v) is 15.0. The number of fused-ring (bicyclic) bond motifs is 1. The van der Waals surface area contributed by atoms with Crippen molar-refractivity contribution in [2.24, 2.45) is 0 Å². The van der Waals surface area contributed by atoms with Gasteiger partial charge in [-0.2, -0.15) is 10.1 Å². The highest BCUT2D eigenvalue weighted by molar-refractivity contribution is 6.05. The molecule has 1 aliphatic rings. The van der Waals surface area contributed by atoms with Gasteiger partial charge < -0.3 is 9.84 Å². The molecule has 8 nitrogen and oxygen atoms in total. The van der Waals surface area contributed by atoms with Gasteiger partial charge in [0.2, 0.25) is 5.89 Å². The van der Waals surface area contributed by atoms with Crippen molar-refractivity contribution in [3.05, 3.63) is 35.2 Å². The van der Waals surface area contributed by atoms with Gasteiger partial charge >= 0.3 is 0 Å². The summed E-state index contributed by atoms with van der Waals surface area (Å²) in [5.41, 5.74) is 2.22. The monoisotopic (exact) mass is 354 g/mol. The van der Waals surface area contributed by atoms with Crippen LogP contribution in [0.4, 0.5) is 0 Å². The lowest BCUT2D eigenvalue weighted by atomic mass is 10.1. The van der Waals surface area contributed by atoms with Crippen LogP contribution in [0.1, 0.15) is 59.5 Å². The van der Waals surface area contributed by atoms with Crippen LogP contribution in [0.2, 0.25) is 0 Å². The lowest BCUT2D eigenvalue weighted by molar-refractivity contribution is 0.0955. The van der Waals surface area contributed by atoms with E-state index in [4.69, 9.17) is 4.52 Å². The van der Waals surface area contributed by atoms with E-state index >= 15 is 0 Å². The molecule has 4 rings (SSSR count). The molecule has 3 heterocycles. The predicted molar refractivity (Wildman–Crippen MR) is 94.8 cm³/mol. The SMILES string of the molecule is Cc1cc(C(=O)NCCc2nc(C)no2)c2cnn(C3CCCC3)c2n1. The standard InChI is InChI=1S/C18H22N6O2/c1-11-9-14(18(25)19-8-7-16-22-12(2)23-26-16)15-10-20-24(17(15)21-11)13-5-3-4-6-13/h9-10,13H,3-8H2,1-2H3,(H,19,25). The molecule has 3 aromatic heterocycles. The minimum atomic E-state index is -0.136. The number of carbonyl (C=O) groups excluding carboxylic acids is 1. The molecule has 0 spiro atoms. The molecule has 0 radical (unpaired) electrons. The van der Waals surface area contributed by atoms with Gasteiger partial charge in [0.05, 0.1) is 23.2 Å². The highest BCUT2D eigenvalue weighted by Gasteiger charge is 2.22. The van der Waals surface area contributed by atoms with Gasteiger partial charge in [0, 0.05) is 18.7 Å². The van der Waals surface area contributed by atoms with E-state index < -0.39 is 0 Å². The first-order valence-electron chi connectivity index (χ1n) is 9.04. The third kappa shape index (κ3) is 3.18. The number of hydrogen-bond acceptors (Lipinski definition) is 6. The van der Waals surface area contributed by atoms with Crippen molar-refractivity contribution in [1.29, 1.82) is 0 Å². The molecule has 1 N–H and O–H groups in total. The van der Waals surface area contributed by atoms with Crippen LogP contribution in [0.5, 0.6) is 0 Å². The van der Waals surface area contributed by atoms with E-state index in [1.54, 1.807) is 13.1 Å². The number of pyridine rings is 1. The molecule has 0 aromatic carbocycles. The number of nitrogens with zero attached hydrogens (tertiary/aromatic N) is 5. The summed E-state index contributed by atoms with van der Waals surface area (Å²) in [4.78, 5) is 21.5. The molecule has 8 heteroatoms. The van der Waals surface area contributed by atoms with Crippen LogP contribution in [0.3, 0.4) is 0 Å². The van der Waals surface area contributed by atoms with E-state index in [2.05, 4.69) is 25.5 Å². The summed E-state index contributed by atoms with van der Waals surface area (Å²) < 4.78 is 7.06. The van der Waals surface area contributed by atoms with Crippen molar-refractivity contribution >= 4 is 16.9 Å². The smallest absolute Gasteiger partial charge is 0.252 e. The number of rotatable bonds is 5. The summed E-state index contributed by atoms with van der Waals surface area (Å²) >= 11 is 0. The summed E-state index contributed by atoms with van der Waals surface area (Å²) in [6, 6.07) is 2.20. The Bertz CT molecular complexity index is 938. The van der Waals surface area contributed by atoms with E-state index in [-0.39, 0.29) is 5.91 Å². The van der Waals surface area contributed by atoms with E-state index in [1.165, 1.54) is 12.8 Å². The van der Waals surface area contributed by atoms with Crippen LogP contribution >= 0.6 is 0 Å². The molecule has 0 bridgehead atoms. The normalized spacial score (nSPS) is 15.0. The fourth-order valence-electron chi connectivity index (χ4n) is 3.57. The molecule has 1 aliphatic carbocycles. The van der Waals surface area contributed by atoms with Gasteiger partial charge in [-0.05, 0) is 32.8 Å². The van der Waals surface area contributed by atoms with Crippen molar-refractivity contribution < 1.29 is 9.32 Å². The van der Waals surface area contributed by atoms with Crippen molar-refractivity contribution in [3.8, 4) is 0 Å². The second-order valence-corrected chi connectivity index (χ2v) is 6.82. The summed E-state index contributed by atoms with van der Waals surface area (Å²) in [6.07, 6.45) is 6.95. The molecular weight excluding hydrogens is 332 g/mol. The Balaban J connectivity index is 1.54. The second-order valence-electron chi connectivity index (χ2n) is 6.82. The highest BCUT2D eigenvalue weighted by atomic mass is 16.5. The zero-order chi connectivity index (χ0) is 18.1. The molecule has 26 heavy (non-hydrogen) atoms. The molecule has 0 atom stereocenters. The average Bonchev–Trinajstić information content (AvgIpc) is 3.34. The number of aryl methyl sites for hydroxylation is 2. The quantitative estimate of drug-likeness (QED) is 0.756. The molecule has 1 saturated carbocycles. The van der Waals surface area contributed by atoms with Crippen LogP contribution in [0, 0.1) is 13.8 Å². The molecule has 3 aromatic rings. The van der Waals surface area contributed by atoms with Gasteiger partial charge in [0.1, 0.15) is 0 Å². The van der Waals surface area contributed by atoms with Crippen molar-refractivity contribution in [2.45, 2.75) is 52.0 Å². The Morgan fingerprint density at radius 3 is 2.85 bits per heavy atom. The minimum Gasteiger partial charge on any atom is -0.351 e. The lowest BCUT2D eigenvalue weighted by Gasteiger charge is -2.11. The Morgan fingerprint density at radius 1 is 1.31 bits per heavy atom. The Hall–Kier alpha value is -2.77. The summed E-state index contributed by atoms with van der Waals surface area (Å²) in [6.45, 7) is 4.10. The van der Waals surface area contributed by atoms with Gasteiger partial charge in [-0.15, -0.1) is 0 Å². The second kappa shape index (κ2) is 6.86. The third-order valence-corrected chi connectivity index (χ3v) is 4.80. The summed E-state index contributed by atoms with van der Waals surface area (Å²) in [5.74, 6) is 0.979. The number of amides is 1. The number of hydrogen-bond donors (Lipinski definition) is 1. The van der Waals surface area contributed by atoms with Crippen LogP contribution in [-0.2, 0) is 6.42 Å². The largest absolute Gasteiger partial charge is 0.351 e. The number of carbonyl (C=O) groups is 1. The third-order valence-electron chi connectivity index (χ3n) is 4.80. The van der Waals surface area contributed by atoms with Gasteiger partial charge in [0.25, 0.3) is 5.91 Å². The van der Waals surface area contributed by atoms with Gasteiger partial charge in [0.15, 0.2) is 11.5 Å². The van der Waals surface area contributed by atoms with Gasteiger partial charge in [-0.25, -0.2) is 9.67 Å². The lowest BCUT2D eigenvalue weighted by Crippen LogP contribution is -2.26. The first kappa shape index (κ1) is 16.7. The maximum Gasteiger partial charge on any atom is 0.252 e. The number of aromatic nitrogens is 5. The molecule has 0 unspecified atom stereocenters. The molecule has 0 aliphatic heterocycles. The molecule has 1 fully saturated rings. The molecule has 0 saturated heterocycles. The van der Waals surface area contributed by atoms with E-state index in [0.29, 0.717) is 36.3 Å². The fraction of sp³-hybridized carbons (Fsp3) is 0.500. The van der Waals surface area contributed by atoms with Crippen LogP contribution < -0.4 is 5.32 Å². The van der Waals surface area contributed by atoms with Crippen LogP contribution in [0.25, 0.3) is 11.0 Å². The topological polar surface area (TPSA) is 98.7 Å². The van der Waals surface area contributed by atoms with E-state index in [0.717, 1.165) is 29.6 Å². The first-order valence-corrected chi connectivity index (χ1v) is 9.04. The van der Waals surface area contributed by atoms with Crippen molar-refractivity contribution in [2.75, 3.05) is 6.54 Å². The highest BCUT2D eigenvalue weighted by Crippen LogP contribution is 2.31. The summed E-state index contributed by atoms with van der Waals surface area (Å²) in [7, 11) is 0. The van der Waals surface area contributed by atoms with E-state index in [9.17, 15) is 4.79 Å². The first-order chi connectivity index (χ1) is 12.6. The van der Waals surface area contributed by atoms with Crippen LogP contribution in [-0.4, -0.2) is 37.4 Å². The van der Waals surface area contributed by atoms with E-state index in [1.807, 2.05) is 17.7 Å². The maximum atomic E-state index is 12.7. The van der Waals surface area contributed by atoms with Gasteiger partial charge in [-0.1, -0.05) is 18.0 Å². The Labute approximate surface area is 151 Å². The van der Waals surface area contributed by atoms with Crippen LogP contribution in [0.15, 0.2) is 16.8 Å². The molecule has 1 amide bonds. The van der Waals surface area contributed by atoms with Gasteiger partial charge in [-0.3, -0.25) is 4.79 Å². The average molecular weight is 354 g/mol. The summed E-state index contributed by atoms with van der Waals surface area (Å²) in [5, 5.41) is 12.0. The number of nitrogens with one attached hydrogen (secondary N) is 1. The molecular formula is C18H22N6O2. The minimum absolute atomic E-state index is 0.136.